The summed E-state index contributed by atoms with van der Waals surface area (Å²) in [7, 11) is -1.47. The Bertz CT molecular complexity index is 618. The van der Waals surface area contributed by atoms with Gasteiger partial charge in [0.15, 0.2) is 9.84 Å². The van der Waals surface area contributed by atoms with Crippen molar-refractivity contribution in [2.75, 3.05) is 19.3 Å². The van der Waals surface area contributed by atoms with Crippen molar-refractivity contribution in [2.24, 2.45) is 0 Å². The molecule has 0 aliphatic rings. The van der Waals surface area contributed by atoms with Crippen LogP contribution in [-0.4, -0.2) is 45.0 Å². The highest BCUT2D eigenvalue weighted by Crippen LogP contribution is 2.30. The Morgan fingerprint density at radius 1 is 1.26 bits per heavy atom. The van der Waals surface area contributed by atoms with Crippen molar-refractivity contribution in [3.8, 4) is 0 Å². The Labute approximate surface area is 143 Å². The van der Waals surface area contributed by atoms with E-state index in [1.807, 2.05) is 20.9 Å². The molecule has 0 bridgehead atoms. The van der Waals surface area contributed by atoms with Crippen LogP contribution in [0.4, 0.5) is 0 Å². The Morgan fingerprint density at radius 2 is 1.91 bits per heavy atom. The smallest absolute Gasteiger partial charge is 0.233 e. The van der Waals surface area contributed by atoms with Crippen LogP contribution in [0, 0.1) is 0 Å². The zero-order valence-electron chi connectivity index (χ0n) is 14.1. The van der Waals surface area contributed by atoms with E-state index in [-0.39, 0.29) is 23.0 Å². The minimum absolute atomic E-state index is 0.0974. The average molecular weight is 359 g/mol. The molecule has 1 rings (SSSR count). The average Bonchev–Trinajstić information content (AvgIpc) is 2.52. The maximum absolute atomic E-state index is 12.3. The van der Waals surface area contributed by atoms with Crippen LogP contribution in [0.3, 0.4) is 0 Å². The number of hydrogen-bond acceptors (Lipinski definition) is 5. The van der Waals surface area contributed by atoms with Crippen LogP contribution in [0.15, 0.2) is 34.1 Å². The van der Waals surface area contributed by atoms with Crippen LogP contribution in [0.1, 0.15) is 27.2 Å². The van der Waals surface area contributed by atoms with E-state index >= 15 is 0 Å². The molecule has 5 nitrogen and oxygen atoms in total. The van der Waals surface area contributed by atoms with Gasteiger partial charge < -0.3 is 10.6 Å². The van der Waals surface area contributed by atoms with Gasteiger partial charge in [-0.15, -0.1) is 11.8 Å². The summed E-state index contributed by atoms with van der Waals surface area (Å²) in [4.78, 5) is 13.1. The zero-order chi connectivity index (χ0) is 17.5. The van der Waals surface area contributed by atoms with E-state index in [0.29, 0.717) is 22.8 Å². The third-order valence-corrected chi connectivity index (χ3v) is 6.68. The van der Waals surface area contributed by atoms with Crippen molar-refractivity contribution in [1.82, 2.24) is 10.6 Å². The lowest BCUT2D eigenvalue weighted by molar-refractivity contribution is -0.120. The Kier molecular flexibility index (Phi) is 8.08. The van der Waals surface area contributed by atoms with Crippen LogP contribution in [0.2, 0.25) is 0 Å². The van der Waals surface area contributed by atoms with Crippen LogP contribution >= 0.6 is 11.8 Å². The van der Waals surface area contributed by atoms with E-state index in [4.69, 9.17) is 0 Å². The summed E-state index contributed by atoms with van der Waals surface area (Å²) in [5.74, 6) is 0.0185. The van der Waals surface area contributed by atoms with Gasteiger partial charge in [0.25, 0.3) is 0 Å². The second kappa shape index (κ2) is 9.30. The number of benzene rings is 1. The highest BCUT2D eigenvalue weighted by atomic mass is 32.2. The Hall–Kier alpha value is -1.05. The van der Waals surface area contributed by atoms with E-state index in [0.717, 1.165) is 0 Å². The van der Waals surface area contributed by atoms with Crippen LogP contribution in [0.25, 0.3) is 0 Å². The van der Waals surface area contributed by atoms with Crippen LogP contribution in [-0.2, 0) is 14.6 Å². The summed E-state index contributed by atoms with van der Waals surface area (Å²) < 4.78 is 24.7. The normalized spacial score (nSPS) is 14.3. The molecule has 0 heterocycles. The van der Waals surface area contributed by atoms with Crippen molar-refractivity contribution < 1.29 is 13.2 Å². The number of sulfone groups is 1. The van der Waals surface area contributed by atoms with E-state index in [9.17, 15) is 13.2 Å². The fourth-order valence-electron chi connectivity index (χ4n) is 1.93. The molecule has 0 spiro atoms. The van der Waals surface area contributed by atoms with Gasteiger partial charge in [-0.1, -0.05) is 19.1 Å². The molecule has 0 saturated heterocycles. The molecule has 0 saturated carbocycles. The number of nitrogens with one attached hydrogen (secondary N) is 2. The van der Waals surface area contributed by atoms with Crippen molar-refractivity contribution in [2.45, 2.75) is 48.3 Å². The second-order valence-corrected chi connectivity index (χ2v) is 8.92. The third-order valence-electron chi connectivity index (χ3n) is 3.41. The maximum atomic E-state index is 12.3. The summed E-state index contributed by atoms with van der Waals surface area (Å²) in [5, 5.41) is 5.55. The minimum Gasteiger partial charge on any atom is -0.354 e. The van der Waals surface area contributed by atoms with Gasteiger partial charge in [0, 0.05) is 17.5 Å². The SMILES string of the molecule is CCCS(=O)(=O)c1ccccc1SC(C)C(=O)NCC(C)NC. The number of thioether (sulfide) groups is 1. The first-order valence-electron chi connectivity index (χ1n) is 7.75. The summed E-state index contributed by atoms with van der Waals surface area (Å²) in [6.45, 7) is 6.14. The van der Waals surface area contributed by atoms with Gasteiger partial charge in [-0.25, -0.2) is 8.42 Å². The van der Waals surface area contributed by atoms with E-state index in [2.05, 4.69) is 10.6 Å². The lowest BCUT2D eigenvalue weighted by Crippen LogP contribution is -2.40. The number of hydrogen-bond donors (Lipinski definition) is 2. The molecule has 7 heteroatoms. The molecule has 2 N–H and O–H groups in total. The highest BCUT2D eigenvalue weighted by molar-refractivity contribution is 8.01. The van der Waals surface area contributed by atoms with Crippen molar-refractivity contribution in [3.63, 3.8) is 0 Å². The first-order valence-corrected chi connectivity index (χ1v) is 10.3. The van der Waals surface area contributed by atoms with Crippen LogP contribution < -0.4 is 10.6 Å². The predicted octanol–water partition coefficient (Wildman–Crippen LogP) is 2.07. The summed E-state index contributed by atoms with van der Waals surface area (Å²) in [6.07, 6.45) is 0.569. The number of carbonyl (C=O) groups excluding carboxylic acids is 1. The fourth-order valence-corrected chi connectivity index (χ4v) is 4.78. The molecule has 1 aromatic carbocycles. The number of rotatable bonds is 9. The molecule has 0 aliphatic carbocycles. The second-order valence-electron chi connectivity index (χ2n) is 5.46. The lowest BCUT2D eigenvalue weighted by Gasteiger charge is -2.16. The minimum atomic E-state index is -3.30. The Morgan fingerprint density at radius 3 is 2.52 bits per heavy atom. The van der Waals surface area contributed by atoms with Gasteiger partial charge in [-0.3, -0.25) is 4.79 Å². The summed E-state index contributed by atoms with van der Waals surface area (Å²) >= 11 is 1.28. The number of likely N-dealkylation sites (N-methyl/N-ethyl adjacent to an activating group) is 1. The maximum Gasteiger partial charge on any atom is 0.233 e. The van der Waals surface area contributed by atoms with Crippen molar-refractivity contribution in [1.29, 1.82) is 0 Å². The molecule has 0 fully saturated rings. The molecule has 2 atom stereocenters. The largest absolute Gasteiger partial charge is 0.354 e. The molecule has 2 unspecified atom stereocenters. The molecular weight excluding hydrogens is 332 g/mol. The van der Waals surface area contributed by atoms with Gasteiger partial charge in [0.05, 0.1) is 15.9 Å². The van der Waals surface area contributed by atoms with E-state index < -0.39 is 9.84 Å². The van der Waals surface area contributed by atoms with Gasteiger partial charge >= 0.3 is 0 Å². The molecule has 1 amide bonds. The van der Waals surface area contributed by atoms with Crippen molar-refractivity contribution >= 4 is 27.5 Å². The standard InChI is InChI=1S/C16H26N2O3S2/c1-5-10-23(20,21)15-9-7-6-8-14(15)22-13(3)16(19)18-11-12(2)17-4/h6-9,12-13,17H,5,10-11H2,1-4H3,(H,18,19). The van der Waals surface area contributed by atoms with Gasteiger partial charge in [0.2, 0.25) is 5.91 Å². The molecule has 0 aliphatic heterocycles. The quantitative estimate of drug-likeness (QED) is 0.661. The monoisotopic (exact) mass is 358 g/mol. The highest BCUT2D eigenvalue weighted by Gasteiger charge is 2.21. The number of amides is 1. The molecular formula is C16H26N2O3S2. The molecule has 23 heavy (non-hydrogen) atoms. The topological polar surface area (TPSA) is 75.3 Å². The van der Waals surface area contributed by atoms with E-state index in [1.165, 1.54) is 11.8 Å². The zero-order valence-corrected chi connectivity index (χ0v) is 15.8. The molecule has 130 valence electrons. The van der Waals surface area contributed by atoms with Gasteiger partial charge in [-0.2, -0.15) is 0 Å². The van der Waals surface area contributed by atoms with Crippen molar-refractivity contribution in [3.05, 3.63) is 24.3 Å². The van der Waals surface area contributed by atoms with E-state index in [1.54, 1.807) is 31.2 Å². The van der Waals surface area contributed by atoms with Gasteiger partial charge in [0.1, 0.15) is 0 Å². The molecule has 0 aromatic heterocycles. The predicted molar refractivity (Wildman–Crippen MR) is 95.6 cm³/mol. The molecule has 0 radical (unpaired) electrons. The van der Waals surface area contributed by atoms with Gasteiger partial charge in [-0.05, 0) is 39.4 Å². The first kappa shape index (κ1) is 20.0. The Balaban J connectivity index is 2.83. The third kappa shape index (κ3) is 6.16. The summed E-state index contributed by atoms with van der Waals surface area (Å²) in [6, 6.07) is 7.06. The molecule has 1 aromatic rings. The summed E-state index contributed by atoms with van der Waals surface area (Å²) in [5.41, 5.74) is 0. The van der Waals surface area contributed by atoms with Crippen LogP contribution in [0.5, 0.6) is 0 Å². The number of carbonyl (C=O) groups is 1. The first-order chi connectivity index (χ1) is 10.8. The lowest BCUT2D eigenvalue weighted by atomic mass is 10.3. The fraction of sp³-hybridized carbons (Fsp3) is 0.562.